The molecule has 146 valence electrons. The van der Waals surface area contributed by atoms with E-state index >= 15 is 0 Å². The Hall–Kier alpha value is -3.00. The molecule has 0 unspecified atom stereocenters. The highest BCUT2D eigenvalue weighted by Gasteiger charge is 2.20. The third-order valence-corrected chi connectivity index (χ3v) is 5.07. The van der Waals surface area contributed by atoms with Crippen LogP contribution < -0.4 is 10.6 Å². The number of nitrogens with one attached hydrogen (secondary N) is 3. The Labute approximate surface area is 167 Å². The second-order valence-electron chi connectivity index (χ2n) is 6.97. The van der Waals surface area contributed by atoms with Crippen LogP contribution in [0.4, 0.5) is 5.69 Å². The molecule has 0 saturated carbocycles. The van der Waals surface area contributed by atoms with Gasteiger partial charge in [-0.15, -0.1) is 11.3 Å². The lowest BCUT2D eigenvalue weighted by molar-refractivity contribution is -0.119. The van der Waals surface area contributed by atoms with Crippen LogP contribution in [0.25, 0.3) is 11.1 Å². The predicted molar refractivity (Wildman–Crippen MR) is 110 cm³/mol. The Balaban J connectivity index is 1.68. The maximum atomic E-state index is 12.5. The molecule has 0 bridgehead atoms. The van der Waals surface area contributed by atoms with Crippen molar-refractivity contribution in [2.24, 2.45) is 5.92 Å². The van der Waals surface area contributed by atoms with Crippen LogP contribution in [-0.2, 0) is 4.79 Å². The van der Waals surface area contributed by atoms with E-state index in [1.807, 2.05) is 30.5 Å². The minimum atomic E-state index is -0.273. The first kappa shape index (κ1) is 19.8. The lowest BCUT2D eigenvalue weighted by Crippen LogP contribution is -2.27. The second-order valence-corrected chi connectivity index (χ2v) is 7.86. The molecule has 0 aliphatic heterocycles. The molecule has 0 spiro atoms. The number of rotatable bonds is 7. The summed E-state index contributed by atoms with van der Waals surface area (Å²) in [7, 11) is 0. The average molecular weight is 398 g/mol. The van der Waals surface area contributed by atoms with Crippen LogP contribution in [0.15, 0.2) is 42.0 Å². The van der Waals surface area contributed by atoms with Crippen LogP contribution in [0.1, 0.15) is 48.7 Å². The van der Waals surface area contributed by atoms with Crippen LogP contribution in [0.5, 0.6) is 0 Å². The first-order valence-corrected chi connectivity index (χ1v) is 9.93. The predicted octanol–water partition coefficient (Wildman–Crippen LogP) is 4.01. The highest BCUT2D eigenvalue weighted by atomic mass is 32.1. The number of amides is 2. The van der Waals surface area contributed by atoms with E-state index in [1.54, 1.807) is 11.6 Å². The van der Waals surface area contributed by atoms with Crippen molar-refractivity contribution in [3.05, 3.63) is 52.7 Å². The Bertz CT molecular complexity index is 932. The maximum Gasteiger partial charge on any atom is 0.275 e. The summed E-state index contributed by atoms with van der Waals surface area (Å²) in [5, 5.41) is 15.0. The Morgan fingerprint density at radius 2 is 1.93 bits per heavy atom. The highest BCUT2D eigenvalue weighted by molar-refractivity contribution is 7.10. The van der Waals surface area contributed by atoms with Gasteiger partial charge in [-0.25, -0.2) is 4.98 Å². The van der Waals surface area contributed by atoms with Gasteiger partial charge in [-0.05, 0) is 30.0 Å². The molecule has 3 aromatic rings. The SMILES string of the molecule is CC(=O)N[C@H](CC(C)C)c1nc(C(=O)Nc2ccc(-c3cn[nH]c3)cc2)cs1. The smallest absolute Gasteiger partial charge is 0.275 e. The molecular formula is C20H23N5O2S. The van der Waals surface area contributed by atoms with E-state index in [2.05, 4.69) is 39.7 Å². The largest absolute Gasteiger partial charge is 0.347 e. The summed E-state index contributed by atoms with van der Waals surface area (Å²) in [6.07, 6.45) is 4.32. The van der Waals surface area contributed by atoms with Crippen molar-refractivity contribution >= 4 is 28.8 Å². The summed E-state index contributed by atoms with van der Waals surface area (Å²) in [6, 6.07) is 7.34. The molecule has 0 radical (unpaired) electrons. The lowest BCUT2D eigenvalue weighted by atomic mass is 10.0. The number of hydrogen-bond acceptors (Lipinski definition) is 5. The number of aromatic nitrogens is 3. The Morgan fingerprint density at radius 3 is 2.54 bits per heavy atom. The lowest BCUT2D eigenvalue weighted by Gasteiger charge is -2.17. The van der Waals surface area contributed by atoms with E-state index in [9.17, 15) is 9.59 Å². The minimum absolute atomic E-state index is 0.107. The van der Waals surface area contributed by atoms with Crippen LogP contribution in [0.2, 0.25) is 0 Å². The molecular weight excluding hydrogens is 374 g/mol. The number of benzene rings is 1. The van der Waals surface area contributed by atoms with Gasteiger partial charge in [0.25, 0.3) is 5.91 Å². The fraction of sp³-hybridized carbons (Fsp3) is 0.300. The van der Waals surface area contributed by atoms with Crippen LogP contribution in [-0.4, -0.2) is 27.0 Å². The molecule has 28 heavy (non-hydrogen) atoms. The number of carbonyl (C=O) groups excluding carboxylic acids is 2. The number of nitrogens with zero attached hydrogens (tertiary/aromatic N) is 2. The van der Waals surface area contributed by atoms with E-state index in [0.29, 0.717) is 17.3 Å². The van der Waals surface area contributed by atoms with Crippen molar-refractivity contribution in [1.29, 1.82) is 0 Å². The summed E-state index contributed by atoms with van der Waals surface area (Å²) >= 11 is 1.38. The monoisotopic (exact) mass is 397 g/mol. The molecule has 0 fully saturated rings. The van der Waals surface area contributed by atoms with Gasteiger partial charge in [-0.2, -0.15) is 5.10 Å². The molecule has 1 atom stereocenters. The molecule has 2 amide bonds. The van der Waals surface area contributed by atoms with Crippen molar-refractivity contribution in [3.63, 3.8) is 0 Å². The van der Waals surface area contributed by atoms with Gasteiger partial charge in [0.1, 0.15) is 10.7 Å². The molecule has 7 nitrogen and oxygen atoms in total. The summed E-state index contributed by atoms with van der Waals surface area (Å²) in [6.45, 7) is 5.66. The third-order valence-electron chi connectivity index (χ3n) is 4.11. The van der Waals surface area contributed by atoms with Gasteiger partial charge in [-0.1, -0.05) is 26.0 Å². The Kier molecular flexibility index (Phi) is 6.20. The number of H-pyrrole nitrogens is 1. The van der Waals surface area contributed by atoms with Crippen LogP contribution >= 0.6 is 11.3 Å². The third kappa shape index (κ3) is 5.04. The van der Waals surface area contributed by atoms with E-state index in [1.165, 1.54) is 18.3 Å². The zero-order chi connectivity index (χ0) is 20.1. The molecule has 0 saturated heterocycles. The topological polar surface area (TPSA) is 99.8 Å². The van der Waals surface area contributed by atoms with Crippen LogP contribution in [0, 0.1) is 5.92 Å². The van der Waals surface area contributed by atoms with Crippen molar-refractivity contribution in [3.8, 4) is 11.1 Å². The van der Waals surface area contributed by atoms with Crippen molar-refractivity contribution in [2.75, 3.05) is 5.32 Å². The molecule has 0 aliphatic carbocycles. The summed E-state index contributed by atoms with van der Waals surface area (Å²) < 4.78 is 0. The van der Waals surface area contributed by atoms with Gasteiger partial charge in [-0.3, -0.25) is 14.7 Å². The average Bonchev–Trinajstić information content (AvgIpc) is 3.33. The fourth-order valence-electron chi connectivity index (χ4n) is 2.84. The number of anilines is 1. The summed E-state index contributed by atoms with van der Waals surface area (Å²) in [5.74, 6) is 0.0148. The first-order chi connectivity index (χ1) is 13.4. The quantitative estimate of drug-likeness (QED) is 0.561. The first-order valence-electron chi connectivity index (χ1n) is 9.05. The minimum Gasteiger partial charge on any atom is -0.347 e. The molecule has 2 heterocycles. The van der Waals surface area contributed by atoms with Crippen LogP contribution in [0.3, 0.4) is 0 Å². The second kappa shape index (κ2) is 8.79. The van der Waals surface area contributed by atoms with Crippen molar-refractivity contribution in [2.45, 2.75) is 33.2 Å². The number of hydrogen-bond donors (Lipinski definition) is 3. The van der Waals surface area contributed by atoms with E-state index in [-0.39, 0.29) is 17.9 Å². The van der Waals surface area contributed by atoms with Gasteiger partial charge in [0.15, 0.2) is 0 Å². The standard InChI is InChI=1S/C20H23N5O2S/c1-12(2)8-17(23-13(3)26)20-25-18(11-28-20)19(27)24-16-6-4-14(5-7-16)15-9-21-22-10-15/h4-7,9-12,17H,8H2,1-3H3,(H,21,22)(H,23,26)(H,24,27)/t17-/m1/s1. The fourth-order valence-corrected chi connectivity index (χ4v) is 3.70. The Morgan fingerprint density at radius 1 is 1.18 bits per heavy atom. The molecule has 0 aliphatic rings. The normalized spacial score (nSPS) is 12.0. The van der Waals surface area contributed by atoms with E-state index in [0.717, 1.165) is 22.6 Å². The van der Waals surface area contributed by atoms with Gasteiger partial charge < -0.3 is 10.6 Å². The zero-order valence-corrected chi connectivity index (χ0v) is 16.8. The number of thiazole rings is 1. The van der Waals surface area contributed by atoms with Crippen molar-refractivity contribution in [1.82, 2.24) is 20.5 Å². The molecule has 8 heteroatoms. The number of carbonyl (C=O) groups is 2. The van der Waals surface area contributed by atoms with Gasteiger partial charge in [0.2, 0.25) is 5.91 Å². The van der Waals surface area contributed by atoms with E-state index in [4.69, 9.17) is 0 Å². The maximum absolute atomic E-state index is 12.5. The molecule has 1 aromatic carbocycles. The van der Waals surface area contributed by atoms with E-state index < -0.39 is 0 Å². The van der Waals surface area contributed by atoms with Gasteiger partial charge >= 0.3 is 0 Å². The number of aromatic amines is 1. The highest BCUT2D eigenvalue weighted by Crippen LogP contribution is 2.25. The molecule has 3 N–H and O–H groups in total. The zero-order valence-electron chi connectivity index (χ0n) is 16.0. The van der Waals surface area contributed by atoms with Gasteiger partial charge in [0.05, 0.1) is 12.2 Å². The van der Waals surface area contributed by atoms with Crippen molar-refractivity contribution < 1.29 is 9.59 Å². The summed E-state index contributed by atoms with van der Waals surface area (Å²) in [5.41, 5.74) is 3.02. The molecule has 2 aromatic heterocycles. The summed E-state index contributed by atoms with van der Waals surface area (Å²) in [4.78, 5) is 28.5. The van der Waals surface area contributed by atoms with Gasteiger partial charge in [0, 0.05) is 29.8 Å². The molecule has 3 rings (SSSR count).